The van der Waals surface area contributed by atoms with Gasteiger partial charge in [-0.15, -0.1) is 0 Å². The van der Waals surface area contributed by atoms with Crippen molar-refractivity contribution in [2.45, 2.75) is 13.5 Å². The first-order valence-electron chi connectivity index (χ1n) is 9.70. The zero-order valence-corrected chi connectivity index (χ0v) is 16.7. The number of benzene rings is 2. The Bertz CT molecular complexity index is 1030. The Morgan fingerprint density at radius 1 is 1.17 bits per heavy atom. The Balaban J connectivity index is 1.60. The summed E-state index contributed by atoms with van der Waals surface area (Å²) in [5.41, 5.74) is 4.56. The van der Waals surface area contributed by atoms with Gasteiger partial charge < -0.3 is 14.5 Å². The van der Waals surface area contributed by atoms with Crippen molar-refractivity contribution in [3.8, 4) is 0 Å². The number of rotatable bonds is 5. The number of pyridine rings is 1. The van der Waals surface area contributed by atoms with Crippen molar-refractivity contribution in [2.24, 2.45) is 0 Å². The Morgan fingerprint density at radius 2 is 1.90 bits per heavy atom. The Labute approximate surface area is 169 Å². The first kappa shape index (κ1) is 19.1. The molecule has 1 saturated heterocycles. The van der Waals surface area contributed by atoms with E-state index >= 15 is 0 Å². The van der Waals surface area contributed by atoms with Crippen LogP contribution in [-0.4, -0.2) is 43.3 Å². The molecule has 0 N–H and O–H groups in total. The van der Waals surface area contributed by atoms with Crippen LogP contribution in [0.15, 0.2) is 48.5 Å². The summed E-state index contributed by atoms with van der Waals surface area (Å²) in [7, 11) is 2.00. The Morgan fingerprint density at radius 3 is 2.59 bits per heavy atom. The molecule has 29 heavy (non-hydrogen) atoms. The predicted molar refractivity (Wildman–Crippen MR) is 115 cm³/mol. The van der Waals surface area contributed by atoms with E-state index in [1.54, 1.807) is 6.07 Å². The highest BCUT2D eigenvalue weighted by atomic mass is 16.6. The van der Waals surface area contributed by atoms with Crippen molar-refractivity contribution in [3.63, 3.8) is 0 Å². The highest BCUT2D eigenvalue weighted by Crippen LogP contribution is 2.32. The second-order valence-corrected chi connectivity index (χ2v) is 7.34. The van der Waals surface area contributed by atoms with E-state index in [0.717, 1.165) is 43.1 Å². The molecular weight excluding hydrogens is 368 g/mol. The summed E-state index contributed by atoms with van der Waals surface area (Å²) in [5.74, 6) is 0. The number of hydrogen-bond acceptors (Lipinski definition) is 6. The molecule has 0 bridgehead atoms. The molecule has 0 radical (unpaired) electrons. The Hall–Kier alpha value is -3.19. The van der Waals surface area contributed by atoms with Crippen LogP contribution in [-0.2, 0) is 11.3 Å². The van der Waals surface area contributed by atoms with Crippen molar-refractivity contribution in [1.82, 2.24) is 4.98 Å². The molecule has 7 heteroatoms. The highest BCUT2D eigenvalue weighted by Gasteiger charge is 2.17. The normalized spacial score (nSPS) is 14.2. The topological polar surface area (TPSA) is 71.7 Å². The number of nitro benzene ring substituents is 1. The lowest BCUT2D eigenvalue weighted by Gasteiger charge is -2.29. The van der Waals surface area contributed by atoms with Gasteiger partial charge in [-0.05, 0) is 30.7 Å². The van der Waals surface area contributed by atoms with Gasteiger partial charge >= 0.3 is 0 Å². The van der Waals surface area contributed by atoms with Crippen molar-refractivity contribution >= 4 is 28.0 Å². The summed E-state index contributed by atoms with van der Waals surface area (Å²) < 4.78 is 5.42. The van der Waals surface area contributed by atoms with Crippen LogP contribution in [0.4, 0.5) is 17.1 Å². The zero-order chi connectivity index (χ0) is 20.4. The lowest BCUT2D eigenvalue weighted by molar-refractivity contribution is -0.383. The van der Waals surface area contributed by atoms with Gasteiger partial charge in [-0.2, -0.15) is 0 Å². The van der Waals surface area contributed by atoms with Gasteiger partial charge in [0, 0.05) is 55.2 Å². The lowest BCUT2D eigenvalue weighted by Crippen LogP contribution is -2.36. The first-order valence-corrected chi connectivity index (χ1v) is 9.70. The number of ether oxygens (including phenoxy) is 1. The molecule has 2 aromatic carbocycles. The fourth-order valence-corrected chi connectivity index (χ4v) is 3.80. The number of non-ortho nitro benzene ring substituents is 1. The number of aryl methyl sites for hydroxylation is 1. The predicted octanol–water partition coefficient (Wildman–Crippen LogP) is 3.92. The van der Waals surface area contributed by atoms with E-state index in [-0.39, 0.29) is 10.6 Å². The molecule has 3 aromatic rings. The number of fused-ring (bicyclic) bond motifs is 1. The number of anilines is 2. The maximum atomic E-state index is 11.4. The maximum Gasteiger partial charge on any atom is 0.295 e. The van der Waals surface area contributed by atoms with Gasteiger partial charge in [-0.25, -0.2) is 4.98 Å². The minimum Gasteiger partial charge on any atom is -0.378 e. The highest BCUT2D eigenvalue weighted by molar-refractivity contribution is 5.97. The monoisotopic (exact) mass is 392 g/mol. The molecule has 1 aromatic heterocycles. The molecule has 0 unspecified atom stereocenters. The Kier molecular flexibility index (Phi) is 5.31. The van der Waals surface area contributed by atoms with Crippen LogP contribution in [0.5, 0.6) is 0 Å². The lowest BCUT2D eigenvalue weighted by atomic mass is 10.1. The number of hydrogen-bond donors (Lipinski definition) is 0. The molecule has 1 fully saturated rings. The molecule has 0 amide bonds. The van der Waals surface area contributed by atoms with E-state index in [4.69, 9.17) is 4.74 Å². The summed E-state index contributed by atoms with van der Waals surface area (Å²) in [5, 5.41) is 12.2. The minimum atomic E-state index is -0.372. The largest absolute Gasteiger partial charge is 0.378 e. The van der Waals surface area contributed by atoms with Crippen molar-refractivity contribution < 1.29 is 9.66 Å². The average Bonchev–Trinajstić information content (AvgIpc) is 2.73. The van der Waals surface area contributed by atoms with Gasteiger partial charge in [-0.1, -0.05) is 24.3 Å². The average molecular weight is 392 g/mol. The number of nitrogens with zero attached hydrogens (tertiary/aromatic N) is 4. The van der Waals surface area contributed by atoms with Crippen molar-refractivity contribution in [2.75, 3.05) is 43.2 Å². The second-order valence-electron chi connectivity index (χ2n) is 7.34. The summed E-state index contributed by atoms with van der Waals surface area (Å²) in [6.45, 7) is 5.94. The zero-order valence-electron chi connectivity index (χ0n) is 16.7. The molecule has 150 valence electrons. The van der Waals surface area contributed by atoms with Crippen molar-refractivity contribution in [3.05, 3.63) is 69.9 Å². The van der Waals surface area contributed by atoms with Gasteiger partial charge in [0.05, 0.1) is 18.1 Å². The van der Waals surface area contributed by atoms with Gasteiger partial charge in [-0.3, -0.25) is 10.1 Å². The van der Waals surface area contributed by atoms with E-state index in [2.05, 4.69) is 39.0 Å². The molecule has 4 rings (SSSR count). The molecule has 0 aliphatic carbocycles. The summed E-state index contributed by atoms with van der Waals surface area (Å²) in [4.78, 5) is 19.9. The maximum absolute atomic E-state index is 11.4. The molecule has 2 heterocycles. The third kappa shape index (κ3) is 4.00. The van der Waals surface area contributed by atoms with Crippen LogP contribution in [0.3, 0.4) is 0 Å². The molecule has 0 spiro atoms. The van der Waals surface area contributed by atoms with Gasteiger partial charge in [0.15, 0.2) is 5.52 Å². The van der Waals surface area contributed by atoms with Crippen LogP contribution < -0.4 is 9.80 Å². The molecule has 0 saturated carbocycles. The minimum absolute atomic E-state index is 0.0377. The third-order valence-corrected chi connectivity index (χ3v) is 5.26. The molecule has 7 nitrogen and oxygen atoms in total. The van der Waals surface area contributed by atoms with E-state index in [0.29, 0.717) is 12.1 Å². The van der Waals surface area contributed by atoms with E-state index in [1.165, 1.54) is 17.3 Å². The van der Waals surface area contributed by atoms with Crippen LogP contribution in [0.25, 0.3) is 10.9 Å². The third-order valence-electron chi connectivity index (χ3n) is 5.26. The number of morpholine rings is 1. The smallest absolute Gasteiger partial charge is 0.295 e. The number of aromatic nitrogens is 1. The summed E-state index contributed by atoms with van der Waals surface area (Å²) in [6, 6.07) is 15.7. The molecule has 1 aliphatic heterocycles. The summed E-state index contributed by atoms with van der Waals surface area (Å²) >= 11 is 0. The summed E-state index contributed by atoms with van der Waals surface area (Å²) in [6.07, 6.45) is 0. The van der Waals surface area contributed by atoms with E-state index < -0.39 is 0 Å². The van der Waals surface area contributed by atoms with Crippen LogP contribution >= 0.6 is 0 Å². The van der Waals surface area contributed by atoms with Crippen LogP contribution in [0, 0.1) is 17.0 Å². The number of nitro groups is 1. The quantitative estimate of drug-likeness (QED) is 0.484. The fraction of sp³-hybridized carbons (Fsp3) is 0.318. The SMILES string of the molecule is Cc1cc(N(C)Cc2ccc(N3CCOCC3)cc2)c2cccc([N+](=O)[O-])c2n1. The first-order chi connectivity index (χ1) is 14.0. The molecule has 1 aliphatic rings. The van der Waals surface area contributed by atoms with Crippen molar-refractivity contribution in [1.29, 1.82) is 0 Å². The van der Waals surface area contributed by atoms with Gasteiger partial charge in [0.25, 0.3) is 5.69 Å². The number of para-hydroxylation sites is 1. The van der Waals surface area contributed by atoms with E-state index in [9.17, 15) is 10.1 Å². The fourth-order valence-electron chi connectivity index (χ4n) is 3.80. The van der Waals surface area contributed by atoms with E-state index in [1.807, 2.05) is 26.1 Å². The van der Waals surface area contributed by atoms with Gasteiger partial charge in [0.2, 0.25) is 0 Å². The van der Waals surface area contributed by atoms with Crippen LogP contribution in [0.2, 0.25) is 0 Å². The second kappa shape index (κ2) is 8.05. The molecular formula is C22H24N4O3. The molecule has 0 atom stereocenters. The van der Waals surface area contributed by atoms with Gasteiger partial charge in [0.1, 0.15) is 0 Å². The van der Waals surface area contributed by atoms with Crippen LogP contribution in [0.1, 0.15) is 11.3 Å². The standard InChI is InChI=1S/C22H24N4O3/c1-16-14-21(19-4-3-5-20(26(27)28)22(19)23-16)24(2)15-17-6-8-18(9-7-17)25-10-12-29-13-11-25/h3-9,14H,10-13,15H2,1-2H3.